The topological polar surface area (TPSA) is 47.0 Å². The van der Waals surface area contributed by atoms with Crippen molar-refractivity contribution < 1.29 is 12.8 Å². The van der Waals surface area contributed by atoms with Gasteiger partial charge in [0.15, 0.2) is 14.9 Å². The van der Waals surface area contributed by atoms with Gasteiger partial charge in [-0.25, -0.2) is 17.8 Å². The van der Waals surface area contributed by atoms with E-state index in [4.69, 9.17) is 0 Å². The van der Waals surface area contributed by atoms with Gasteiger partial charge in [0.1, 0.15) is 5.82 Å². The summed E-state index contributed by atoms with van der Waals surface area (Å²) in [7, 11) is -3.33. The first kappa shape index (κ1) is 11.1. The fourth-order valence-electron chi connectivity index (χ4n) is 1.03. The Labute approximate surface area is 82.9 Å². The Balaban J connectivity index is 3.26. The number of hydrogen-bond acceptors (Lipinski definition) is 3. The van der Waals surface area contributed by atoms with Crippen LogP contribution in [0.2, 0.25) is 0 Å². The van der Waals surface area contributed by atoms with Crippen molar-refractivity contribution >= 4 is 9.84 Å². The highest BCUT2D eigenvalue weighted by atomic mass is 32.2. The van der Waals surface area contributed by atoms with Gasteiger partial charge in [-0.2, -0.15) is 0 Å². The molecule has 0 aromatic carbocycles. The SMILES string of the molecule is CCc1nc(S(=O)(=O)CC)ccc1F. The molecule has 1 aromatic heterocycles. The molecule has 0 unspecified atom stereocenters. The minimum absolute atomic E-state index is 0.0191. The molecule has 0 amide bonds. The zero-order valence-electron chi connectivity index (χ0n) is 8.12. The monoisotopic (exact) mass is 217 g/mol. The van der Waals surface area contributed by atoms with Gasteiger partial charge in [-0.05, 0) is 18.6 Å². The summed E-state index contributed by atoms with van der Waals surface area (Å²) in [6.45, 7) is 3.26. The first-order valence-corrected chi connectivity index (χ1v) is 6.04. The van der Waals surface area contributed by atoms with Crippen molar-refractivity contribution in [3.63, 3.8) is 0 Å². The van der Waals surface area contributed by atoms with Gasteiger partial charge >= 0.3 is 0 Å². The van der Waals surface area contributed by atoms with Gasteiger partial charge < -0.3 is 0 Å². The summed E-state index contributed by atoms with van der Waals surface area (Å²) >= 11 is 0. The number of aryl methyl sites for hydroxylation is 1. The van der Waals surface area contributed by atoms with Gasteiger partial charge in [0.25, 0.3) is 0 Å². The third-order valence-corrected chi connectivity index (χ3v) is 3.55. The van der Waals surface area contributed by atoms with E-state index in [1.165, 1.54) is 13.0 Å². The van der Waals surface area contributed by atoms with Gasteiger partial charge in [-0.3, -0.25) is 0 Å². The first-order chi connectivity index (χ1) is 6.51. The Morgan fingerprint density at radius 3 is 2.50 bits per heavy atom. The van der Waals surface area contributed by atoms with Gasteiger partial charge in [0, 0.05) is 0 Å². The molecule has 78 valence electrons. The minimum atomic E-state index is -3.33. The molecule has 0 N–H and O–H groups in total. The van der Waals surface area contributed by atoms with Crippen molar-refractivity contribution in [3.8, 4) is 0 Å². The average molecular weight is 217 g/mol. The maximum atomic E-state index is 13.0. The van der Waals surface area contributed by atoms with Crippen LogP contribution in [0.3, 0.4) is 0 Å². The quantitative estimate of drug-likeness (QED) is 0.772. The normalized spacial score (nSPS) is 11.6. The fourth-order valence-corrected chi connectivity index (χ4v) is 1.85. The molecular weight excluding hydrogens is 205 g/mol. The number of nitrogens with zero attached hydrogens (tertiary/aromatic N) is 1. The molecule has 0 atom stereocenters. The highest BCUT2D eigenvalue weighted by Crippen LogP contribution is 2.12. The molecule has 14 heavy (non-hydrogen) atoms. The van der Waals surface area contributed by atoms with Crippen LogP contribution >= 0.6 is 0 Å². The number of sulfone groups is 1. The van der Waals surface area contributed by atoms with E-state index in [9.17, 15) is 12.8 Å². The lowest BCUT2D eigenvalue weighted by atomic mass is 10.3. The van der Waals surface area contributed by atoms with Gasteiger partial charge in [0.05, 0.1) is 11.4 Å². The smallest absolute Gasteiger partial charge is 0.195 e. The second-order valence-electron chi connectivity index (χ2n) is 2.83. The van der Waals surface area contributed by atoms with Crippen LogP contribution in [0.4, 0.5) is 4.39 Å². The van der Waals surface area contributed by atoms with E-state index in [0.29, 0.717) is 6.42 Å². The lowest BCUT2D eigenvalue weighted by Crippen LogP contribution is -2.08. The average Bonchev–Trinajstić information content (AvgIpc) is 2.18. The Morgan fingerprint density at radius 2 is 2.00 bits per heavy atom. The van der Waals surface area contributed by atoms with Crippen LogP contribution in [0.5, 0.6) is 0 Å². The van der Waals surface area contributed by atoms with Crippen molar-refractivity contribution in [1.29, 1.82) is 0 Å². The van der Waals surface area contributed by atoms with E-state index in [1.54, 1.807) is 6.92 Å². The number of halogens is 1. The van der Waals surface area contributed by atoms with E-state index in [2.05, 4.69) is 4.98 Å². The predicted octanol–water partition coefficient (Wildman–Crippen LogP) is 1.58. The van der Waals surface area contributed by atoms with Crippen LogP contribution in [0.25, 0.3) is 0 Å². The third kappa shape index (κ3) is 2.09. The van der Waals surface area contributed by atoms with Gasteiger partial charge in [-0.1, -0.05) is 13.8 Å². The van der Waals surface area contributed by atoms with Crippen molar-refractivity contribution in [3.05, 3.63) is 23.6 Å². The van der Waals surface area contributed by atoms with E-state index >= 15 is 0 Å². The fraction of sp³-hybridized carbons (Fsp3) is 0.444. The van der Waals surface area contributed by atoms with Crippen molar-refractivity contribution in [2.75, 3.05) is 5.75 Å². The summed E-state index contributed by atoms with van der Waals surface area (Å²) in [6, 6.07) is 2.35. The van der Waals surface area contributed by atoms with Crippen LogP contribution in [0, 0.1) is 5.82 Å². The van der Waals surface area contributed by atoms with Gasteiger partial charge in [0.2, 0.25) is 0 Å². The molecule has 5 heteroatoms. The molecule has 1 aromatic rings. The number of aromatic nitrogens is 1. The van der Waals surface area contributed by atoms with E-state index in [0.717, 1.165) is 6.07 Å². The molecule has 0 aliphatic rings. The standard InChI is InChI=1S/C9H12FNO2S/c1-3-8-7(10)5-6-9(11-8)14(12,13)4-2/h5-6H,3-4H2,1-2H3. The van der Waals surface area contributed by atoms with E-state index in [-0.39, 0.29) is 16.5 Å². The molecule has 3 nitrogen and oxygen atoms in total. The summed E-state index contributed by atoms with van der Waals surface area (Å²) < 4.78 is 35.8. The van der Waals surface area contributed by atoms with E-state index in [1.807, 2.05) is 0 Å². The van der Waals surface area contributed by atoms with Crippen LogP contribution in [-0.4, -0.2) is 19.2 Å². The van der Waals surface area contributed by atoms with Crippen LogP contribution in [-0.2, 0) is 16.3 Å². The summed E-state index contributed by atoms with van der Waals surface area (Å²) in [5.41, 5.74) is 0.194. The van der Waals surface area contributed by atoms with Crippen molar-refractivity contribution in [2.24, 2.45) is 0 Å². The first-order valence-electron chi connectivity index (χ1n) is 4.39. The minimum Gasteiger partial charge on any atom is -0.238 e. The molecule has 0 radical (unpaired) electrons. The number of rotatable bonds is 3. The zero-order chi connectivity index (χ0) is 10.8. The lowest BCUT2D eigenvalue weighted by molar-refractivity contribution is 0.581. The predicted molar refractivity (Wildman–Crippen MR) is 51.3 cm³/mol. The van der Waals surface area contributed by atoms with Crippen LogP contribution < -0.4 is 0 Å². The molecule has 0 aliphatic carbocycles. The highest BCUT2D eigenvalue weighted by Gasteiger charge is 2.14. The maximum Gasteiger partial charge on any atom is 0.195 e. The summed E-state index contributed by atoms with van der Waals surface area (Å²) in [6.07, 6.45) is 0.388. The molecular formula is C9H12FNO2S. The summed E-state index contributed by atoms with van der Waals surface area (Å²) in [4.78, 5) is 3.77. The molecule has 0 saturated heterocycles. The second-order valence-corrected chi connectivity index (χ2v) is 5.06. The third-order valence-electron chi connectivity index (χ3n) is 1.93. The Kier molecular flexibility index (Phi) is 3.21. The Hall–Kier alpha value is -0.970. The largest absolute Gasteiger partial charge is 0.238 e. The van der Waals surface area contributed by atoms with E-state index < -0.39 is 15.7 Å². The molecule has 0 fully saturated rings. The molecule has 1 rings (SSSR count). The lowest BCUT2D eigenvalue weighted by Gasteiger charge is -2.03. The summed E-state index contributed by atoms with van der Waals surface area (Å²) in [5, 5.41) is -0.0433. The van der Waals surface area contributed by atoms with Gasteiger partial charge in [-0.15, -0.1) is 0 Å². The van der Waals surface area contributed by atoms with Crippen molar-refractivity contribution in [1.82, 2.24) is 4.98 Å². The molecule has 0 saturated carbocycles. The number of hydrogen-bond donors (Lipinski definition) is 0. The Bertz CT molecular complexity index is 428. The molecule has 1 heterocycles. The molecule has 0 bridgehead atoms. The van der Waals surface area contributed by atoms with Crippen LogP contribution in [0.15, 0.2) is 17.2 Å². The maximum absolute atomic E-state index is 13.0. The number of pyridine rings is 1. The summed E-state index contributed by atoms with van der Waals surface area (Å²) in [5.74, 6) is -0.475. The zero-order valence-corrected chi connectivity index (χ0v) is 8.94. The molecule has 0 spiro atoms. The highest BCUT2D eigenvalue weighted by molar-refractivity contribution is 7.91. The second kappa shape index (κ2) is 4.04. The van der Waals surface area contributed by atoms with Crippen molar-refractivity contribution in [2.45, 2.75) is 25.3 Å². The van der Waals surface area contributed by atoms with Crippen LogP contribution in [0.1, 0.15) is 19.5 Å². The Morgan fingerprint density at radius 1 is 1.36 bits per heavy atom. The molecule has 0 aliphatic heterocycles.